The molecule has 0 bridgehead atoms. The second-order valence-corrected chi connectivity index (χ2v) is 8.12. The van der Waals surface area contributed by atoms with Crippen molar-refractivity contribution in [3.63, 3.8) is 0 Å². The molecule has 3 rings (SSSR count). The number of rotatable bonds is 5. The summed E-state index contributed by atoms with van der Waals surface area (Å²) in [6.07, 6.45) is 0.433. The number of anilines is 1. The van der Waals surface area contributed by atoms with Crippen LogP contribution >= 0.6 is 34.5 Å². The van der Waals surface area contributed by atoms with Crippen molar-refractivity contribution in [3.8, 4) is 22.8 Å². The van der Waals surface area contributed by atoms with Gasteiger partial charge in [0.15, 0.2) is 16.6 Å². The van der Waals surface area contributed by atoms with Crippen LogP contribution in [0.4, 0.5) is 5.13 Å². The van der Waals surface area contributed by atoms with Crippen molar-refractivity contribution < 1.29 is 14.3 Å². The number of methoxy groups -OCH3 is 2. The molecule has 0 radical (unpaired) electrons. The van der Waals surface area contributed by atoms with Gasteiger partial charge >= 0.3 is 0 Å². The van der Waals surface area contributed by atoms with Crippen molar-refractivity contribution >= 4 is 45.6 Å². The number of nitrogens with one attached hydrogen (secondary N) is 1. The highest BCUT2D eigenvalue weighted by molar-refractivity contribution is 7.14. The van der Waals surface area contributed by atoms with Gasteiger partial charge in [0, 0.05) is 10.9 Å². The van der Waals surface area contributed by atoms with E-state index in [0.29, 0.717) is 23.1 Å². The molecule has 1 aliphatic rings. The van der Waals surface area contributed by atoms with E-state index in [0.717, 1.165) is 11.3 Å². The number of aromatic nitrogens is 1. The molecule has 2 aromatic rings. The molecule has 128 valence electrons. The SMILES string of the molecule is COc1ccc(-c2csc(NC(=O)C3(C)CC3(Cl)Cl)n2)cc1OC. The van der Waals surface area contributed by atoms with Crippen molar-refractivity contribution in [1.29, 1.82) is 0 Å². The van der Waals surface area contributed by atoms with E-state index in [1.807, 2.05) is 23.6 Å². The standard InChI is InChI=1S/C16H16Cl2N2O3S/c1-15(8-16(15,17)18)13(21)20-14-19-10(7-24-14)9-4-5-11(22-2)12(6-9)23-3/h4-7H,8H2,1-3H3,(H,19,20,21). The molecule has 1 amide bonds. The predicted octanol–water partition coefficient (Wildman–Crippen LogP) is 4.35. The number of nitrogens with zero attached hydrogens (tertiary/aromatic N) is 1. The molecule has 5 nitrogen and oxygen atoms in total. The average molecular weight is 387 g/mol. The summed E-state index contributed by atoms with van der Waals surface area (Å²) >= 11 is 13.4. The third-order valence-electron chi connectivity index (χ3n) is 4.16. The number of benzene rings is 1. The monoisotopic (exact) mass is 386 g/mol. The predicted molar refractivity (Wildman–Crippen MR) is 96.4 cm³/mol. The maximum atomic E-state index is 12.3. The highest BCUT2D eigenvalue weighted by atomic mass is 35.5. The Morgan fingerprint density at radius 1 is 1.29 bits per heavy atom. The molecule has 8 heteroatoms. The Kier molecular flexibility index (Phi) is 4.40. The van der Waals surface area contributed by atoms with Crippen LogP contribution in [0.5, 0.6) is 11.5 Å². The maximum absolute atomic E-state index is 12.3. The summed E-state index contributed by atoms with van der Waals surface area (Å²) in [4.78, 5) is 16.7. The summed E-state index contributed by atoms with van der Waals surface area (Å²) < 4.78 is 9.52. The molecular weight excluding hydrogens is 371 g/mol. The molecule has 1 aromatic heterocycles. The lowest BCUT2D eigenvalue weighted by Gasteiger charge is -2.10. The minimum atomic E-state index is -0.999. The van der Waals surface area contributed by atoms with Crippen molar-refractivity contribution in [2.75, 3.05) is 19.5 Å². The summed E-state index contributed by atoms with van der Waals surface area (Å²) in [5, 5.41) is 5.15. The Bertz CT molecular complexity index is 793. The summed E-state index contributed by atoms with van der Waals surface area (Å²) in [6.45, 7) is 1.74. The van der Waals surface area contributed by atoms with Crippen LogP contribution < -0.4 is 14.8 Å². The number of alkyl halides is 2. The van der Waals surface area contributed by atoms with Crippen LogP contribution in [0, 0.1) is 5.41 Å². The van der Waals surface area contributed by atoms with E-state index < -0.39 is 9.75 Å². The van der Waals surface area contributed by atoms with Gasteiger partial charge in [0.2, 0.25) is 5.91 Å². The first-order valence-corrected chi connectivity index (χ1v) is 8.81. The molecule has 1 aromatic carbocycles. The molecule has 0 saturated heterocycles. The number of amides is 1. The Labute approximate surface area is 153 Å². The lowest BCUT2D eigenvalue weighted by molar-refractivity contribution is -0.120. The second-order valence-electron chi connectivity index (χ2n) is 5.78. The molecule has 1 unspecified atom stereocenters. The van der Waals surface area contributed by atoms with Crippen molar-refractivity contribution in [3.05, 3.63) is 23.6 Å². The van der Waals surface area contributed by atoms with Crippen molar-refractivity contribution in [2.45, 2.75) is 17.7 Å². The van der Waals surface area contributed by atoms with Crippen molar-refractivity contribution in [1.82, 2.24) is 4.98 Å². The second kappa shape index (κ2) is 6.10. The van der Waals surface area contributed by atoms with Crippen LogP contribution in [0.2, 0.25) is 0 Å². The molecular formula is C16H16Cl2N2O3S. The van der Waals surface area contributed by atoms with Gasteiger partial charge < -0.3 is 14.8 Å². The van der Waals surface area contributed by atoms with Gasteiger partial charge in [-0.3, -0.25) is 4.79 Å². The molecule has 1 fully saturated rings. The van der Waals surface area contributed by atoms with Gasteiger partial charge in [-0.15, -0.1) is 34.5 Å². The van der Waals surface area contributed by atoms with Crippen LogP contribution in [-0.2, 0) is 4.79 Å². The Hall–Kier alpha value is -1.50. The zero-order chi connectivity index (χ0) is 17.5. The van der Waals surface area contributed by atoms with E-state index in [1.165, 1.54) is 11.3 Å². The van der Waals surface area contributed by atoms with E-state index in [-0.39, 0.29) is 5.91 Å². The van der Waals surface area contributed by atoms with Gasteiger partial charge in [-0.2, -0.15) is 0 Å². The fourth-order valence-electron chi connectivity index (χ4n) is 2.34. The van der Waals surface area contributed by atoms with E-state index >= 15 is 0 Å². The van der Waals surface area contributed by atoms with Gasteiger partial charge in [0.25, 0.3) is 0 Å². The van der Waals surface area contributed by atoms with E-state index in [4.69, 9.17) is 32.7 Å². The smallest absolute Gasteiger partial charge is 0.235 e. The van der Waals surface area contributed by atoms with Crippen molar-refractivity contribution in [2.24, 2.45) is 5.41 Å². The molecule has 0 aliphatic heterocycles. The van der Waals surface area contributed by atoms with Gasteiger partial charge in [-0.25, -0.2) is 4.98 Å². The molecule has 1 saturated carbocycles. The Morgan fingerprint density at radius 3 is 2.54 bits per heavy atom. The van der Waals surface area contributed by atoms with Gasteiger partial charge in [0.05, 0.1) is 25.3 Å². The lowest BCUT2D eigenvalue weighted by Crippen LogP contribution is -2.25. The zero-order valence-corrected chi connectivity index (χ0v) is 15.7. The lowest BCUT2D eigenvalue weighted by atomic mass is 10.1. The average Bonchev–Trinajstić information content (AvgIpc) is 2.89. The normalized spacial score (nSPS) is 21.2. The first-order valence-electron chi connectivity index (χ1n) is 7.18. The van der Waals surface area contributed by atoms with Crippen LogP contribution in [-0.4, -0.2) is 29.4 Å². The summed E-state index contributed by atoms with van der Waals surface area (Å²) in [6, 6.07) is 5.53. The summed E-state index contributed by atoms with van der Waals surface area (Å²) in [5.41, 5.74) is 0.830. The first-order chi connectivity index (χ1) is 11.3. The van der Waals surface area contributed by atoms with Crippen LogP contribution in [0.1, 0.15) is 13.3 Å². The zero-order valence-electron chi connectivity index (χ0n) is 13.4. The number of halogens is 2. The van der Waals surface area contributed by atoms with Gasteiger partial charge in [0.1, 0.15) is 4.33 Å². The maximum Gasteiger partial charge on any atom is 0.235 e. The Morgan fingerprint density at radius 2 is 1.96 bits per heavy atom. The summed E-state index contributed by atoms with van der Waals surface area (Å²) in [5.74, 6) is 1.04. The molecule has 1 aliphatic carbocycles. The third-order valence-corrected chi connectivity index (χ3v) is 6.02. The number of carbonyl (C=O) groups is 1. The Balaban J connectivity index is 1.78. The van der Waals surface area contributed by atoms with E-state index in [1.54, 1.807) is 21.1 Å². The van der Waals surface area contributed by atoms with E-state index in [9.17, 15) is 4.79 Å². The number of thiazole rings is 1. The molecule has 1 heterocycles. The van der Waals surface area contributed by atoms with Gasteiger partial charge in [-0.1, -0.05) is 0 Å². The first kappa shape index (κ1) is 17.3. The highest BCUT2D eigenvalue weighted by Crippen LogP contribution is 2.64. The third kappa shape index (κ3) is 2.94. The quantitative estimate of drug-likeness (QED) is 0.775. The fourth-order valence-corrected chi connectivity index (χ4v) is 3.76. The number of hydrogen-bond acceptors (Lipinski definition) is 5. The summed E-state index contributed by atoms with van der Waals surface area (Å²) in [7, 11) is 3.16. The van der Waals surface area contributed by atoms with Gasteiger partial charge in [-0.05, 0) is 31.5 Å². The van der Waals surface area contributed by atoms with E-state index in [2.05, 4.69) is 10.3 Å². The molecule has 24 heavy (non-hydrogen) atoms. The van der Waals surface area contributed by atoms with Crippen LogP contribution in [0.25, 0.3) is 11.3 Å². The molecule has 0 spiro atoms. The fraction of sp³-hybridized carbons (Fsp3) is 0.375. The number of carbonyl (C=O) groups excluding carboxylic acids is 1. The molecule has 1 atom stereocenters. The topological polar surface area (TPSA) is 60.5 Å². The largest absolute Gasteiger partial charge is 0.493 e. The minimum absolute atomic E-state index is 0.222. The minimum Gasteiger partial charge on any atom is -0.493 e. The van der Waals surface area contributed by atoms with Crippen LogP contribution in [0.15, 0.2) is 23.6 Å². The highest BCUT2D eigenvalue weighted by Gasteiger charge is 2.68. The number of hydrogen-bond donors (Lipinski definition) is 1. The van der Waals surface area contributed by atoms with Crippen LogP contribution in [0.3, 0.4) is 0 Å². The molecule has 1 N–H and O–H groups in total. The number of ether oxygens (including phenoxy) is 2.